The fourth-order valence-electron chi connectivity index (χ4n) is 3.42. The molecule has 0 saturated carbocycles. The molecular weight excluding hydrogens is 424 g/mol. The Morgan fingerprint density at radius 3 is 1.76 bits per heavy atom. The Morgan fingerprint density at radius 2 is 1.18 bits per heavy atom. The molecule has 0 radical (unpaired) electrons. The number of amides is 1. The first-order chi connectivity index (χ1) is 16.8. The maximum atomic E-state index is 12.6. The van der Waals surface area contributed by atoms with E-state index in [9.17, 15) is 4.79 Å². The summed E-state index contributed by atoms with van der Waals surface area (Å²) in [4.78, 5) is 35.0. The third-order valence-electron chi connectivity index (χ3n) is 5.13. The molecule has 7 nitrogen and oxygen atoms in total. The molecule has 0 bridgehead atoms. The molecule has 5 aromatic rings. The number of carbonyl (C=O) groups is 1. The van der Waals surface area contributed by atoms with Gasteiger partial charge in [-0.3, -0.25) is 19.7 Å². The Labute approximate surface area is 196 Å². The van der Waals surface area contributed by atoms with Crippen LogP contribution in [0.4, 0.5) is 0 Å². The van der Waals surface area contributed by atoms with Crippen molar-refractivity contribution < 1.29 is 4.79 Å². The van der Waals surface area contributed by atoms with E-state index in [2.05, 4.69) is 30.2 Å². The van der Waals surface area contributed by atoms with Crippen LogP contribution in [0.15, 0.2) is 104 Å². The topological polar surface area (TPSA) is 93.6 Å². The minimum atomic E-state index is -0.223. The number of rotatable bonds is 6. The van der Waals surface area contributed by atoms with Crippen LogP contribution < -0.4 is 5.32 Å². The minimum absolute atomic E-state index is 0.223. The molecule has 0 atom stereocenters. The highest BCUT2D eigenvalue weighted by molar-refractivity contribution is 5.94. The van der Waals surface area contributed by atoms with Crippen LogP contribution in [-0.4, -0.2) is 30.8 Å². The van der Waals surface area contributed by atoms with Crippen molar-refractivity contribution in [3.8, 4) is 34.2 Å². The van der Waals surface area contributed by atoms with Gasteiger partial charge in [-0.25, -0.2) is 9.97 Å². The largest absolute Gasteiger partial charge is 0.346 e. The Hall–Kier alpha value is -4.78. The molecule has 164 valence electrons. The molecule has 0 aromatic carbocycles. The SMILES string of the molecule is O=C(NCc1cccc(-c2ccccn2)n1)c1ccc(-c2cccc(-c3ccccn3)n2)nc1. The van der Waals surface area contributed by atoms with Crippen LogP contribution in [0.3, 0.4) is 0 Å². The van der Waals surface area contributed by atoms with Crippen LogP contribution in [0, 0.1) is 0 Å². The first-order valence-electron chi connectivity index (χ1n) is 10.8. The lowest BCUT2D eigenvalue weighted by Gasteiger charge is -2.08. The fraction of sp³-hybridized carbons (Fsp3) is 0.0370. The van der Waals surface area contributed by atoms with Crippen molar-refractivity contribution in [1.29, 1.82) is 0 Å². The van der Waals surface area contributed by atoms with Crippen LogP contribution in [0.5, 0.6) is 0 Å². The molecule has 34 heavy (non-hydrogen) atoms. The average Bonchev–Trinajstić information content (AvgIpc) is 2.93. The second kappa shape index (κ2) is 9.79. The molecule has 0 fully saturated rings. The van der Waals surface area contributed by atoms with Crippen molar-refractivity contribution in [3.63, 3.8) is 0 Å². The van der Waals surface area contributed by atoms with E-state index in [0.29, 0.717) is 23.5 Å². The van der Waals surface area contributed by atoms with Gasteiger partial charge in [-0.1, -0.05) is 24.3 Å². The summed E-state index contributed by atoms with van der Waals surface area (Å²) in [6, 6.07) is 26.3. The Kier molecular flexibility index (Phi) is 6.07. The number of pyridine rings is 5. The van der Waals surface area contributed by atoms with Gasteiger partial charge in [0.1, 0.15) is 0 Å². The van der Waals surface area contributed by atoms with Gasteiger partial charge in [-0.15, -0.1) is 0 Å². The summed E-state index contributed by atoms with van der Waals surface area (Å²) in [7, 11) is 0. The summed E-state index contributed by atoms with van der Waals surface area (Å²) in [5.74, 6) is -0.223. The Balaban J connectivity index is 1.26. The minimum Gasteiger partial charge on any atom is -0.346 e. The zero-order chi connectivity index (χ0) is 23.2. The third kappa shape index (κ3) is 4.83. The van der Waals surface area contributed by atoms with Gasteiger partial charge >= 0.3 is 0 Å². The molecule has 5 heterocycles. The van der Waals surface area contributed by atoms with Crippen LogP contribution >= 0.6 is 0 Å². The highest BCUT2D eigenvalue weighted by Crippen LogP contribution is 2.20. The van der Waals surface area contributed by atoms with E-state index in [1.807, 2.05) is 72.8 Å². The van der Waals surface area contributed by atoms with Crippen molar-refractivity contribution in [3.05, 3.63) is 115 Å². The molecule has 7 heteroatoms. The number of hydrogen-bond donors (Lipinski definition) is 1. The van der Waals surface area contributed by atoms with Crippen LogP contribution in [0.1, 0.15) is 16.1 Å². The highest BCUT2D eigenvalue weighted by Gasteiger charge is 2.10. The number of nitrogens with one attached hydrogen (secondary N) is 1. The quantitative estimate of drug-likeness (QED) is 0.412. The fourth-order valence-corrected chi connectivity index (χ4v) is 3.42. The lowest BCUT2D eigenvalue weighted by Crippen LogP contribution is -2.23. The standard InChI is InChI=1S/C27H20N6O/c34-27(31-18-20-7-5-10-24(32-20)21-8-1-3-15-28-21)19-13-14-23(30-17-19)26-12-6-11-25(33-26)22-9-2-4-16-29-22/h1-17H,18H2,(H,31,34). The summed E-state index contributed by atoms with van der Waals surface area (Å²) in [5.41, 5.74) is 5.71. The van der Waals surface area contributed by atoms with Crippen LogP contribution in [0.25, 0.3) is 34.2 Å². The molecule has 0 spiro atoms. The van der Waals surface area contributed by atoms with Gasteiger partial charge in [-0.2, -0.15) is 0 Å². The van der Waals surface area contributed by atoms with Crippen molar-refractivity contribution in [1.82, 2.24) is 30.2 Å². The summed E-state index contributed by atoms with van der Waals surface area (Å²) in [6.07, 6.45) is 5.02. The van der Waals surface area contributed by atoms with E-state index < -0.39 is 0 Å². The van der Waals surface area contributed by atoms with Crippen LogP contribution in [0.2, 0.25) is 0 Å². The van der Waals surface area contributed by atoms with Gasteiger partial charge in [0, 0.05) is 18.6 Å². The Morgan fingerprint density at radius 1 is 0.588 bits per heavy atom. The molecule has 0 aliphatic heterocycles. The van der Waals surface area contributed by atoms with Gasteiger partial charge in [0.2, 0.25) is 0 Å². The smallest absolute Gasteiger partial charge is 0.253 e. The highest BCUT2D eigenvalue weighted by atomic mass is 16.1. The van der Waals surface area contributed by atoms with Gasteiger partial charge in [0.05, 0.1) is 52.0 Å². The molecule has 0 saturated heterocycles. The van der Waals surface area contributed by atoms with Gasteiger partial charge < -0.3 is 5.32 Å². The van der Waals surface area contributed by atoms with Gasteiger partial charge in [0.15, 0.2) is 0 Å². The van der Waals surface area contributed by atoms with Gasteiger partial charge in [0.25, 0.3) is 5.91 Å². The molecule has 1 N–H and O–H groups in total. The van der Waals surface area contributed by atoms with Crippen molar-refractivity contribution in [2.75, 3.05) is 0 Å². The monoisotopic (exact) mass is 444 g/mol. The molecule has 0 unspecified atom stereocenters. The van der Waals surface area contributed by atoms with E-state index in [0.717, 1.165) is 28.5 Å². The molecular formula is C27H20N6O. The van der Waals surface area contributed by atoms with E-state index in [-0.39, 0.29) is 5.91 Å². The summed E-state index contributed by atoms with van der Waals surface area (Å²) >= 11 is 0. The number of carbonyl (C=O) groups excluding carboxylic acids is 1. The normalized spacial score (nSPS) is 10.6. The van der Waals surface area contributed by atoms with E-state index in [4.69, 9.17) is 0 Å². The lowest BCUT2D eigenvalue weighted by atomic mass is 10.1. The maximum Gasteiger partial charge on any atom is 0.253 e. The summed E-state index contributed by atoms with van der Waals surface area (Å²) in [5, 5.41) is 2.90. The van der Waals surface area contributed by atoms with E-state index in [1.54, 1.807) is 30.7 Å². The molecule has 1 amide bonds. The first kappa shape index (κ1) is 21.1. The summed E-state index contributed by atoms with van der Waals surface area (Å²) < 4.78 is 0. The number of aromatic nitrogens is 5. The van der Waals surface area contributed by atoms with Crippen LogP contribution in [-0.2, 0) is 6.54 Å². The van der Waals surface area contributed by atoms with Crippen molar-refractivity contribution in [2.45, 2.75) is 6.54 Å². The molecule has 5 aromatic heterocycles. The van der Waals surface area contributed by atoms with Crippen molar-refractivity contribution in [2.24, 2.45) is 0 Å². The maximum absolute atomic E-state index is 12.6. The molecule has 0 aliphatic rings. The second-order valence-corrected chi connectivity index (χ2v) is 7.47. The van der Waals surface area contributed by atoms with E-state index in [1.165, 1.54) is 0 Å². The predicted molar refractivity (Wildman–Crippen MR) is 129 cm³/mol. The van der Waals surface area contributed by atoms with Crippen molar-refractivity contribution >= 4 is 5.91 Å². The van der Waals surface area contributed by atoms with Gasteiger partial charge in [-0.05, 0) is 60.7 Å². The number of nitrogens with zero attached hydrogens (tertiary/aromatic N) is 5. The number of hydrogen-bond acceptors (Lipinski definition) is 6. The second-order valence-electron chi connectivity index (χ2n) is 7.47. The average molecular weight is 444 g/mol. The first-order valence-corrected chi connectivity index (χ1v) is 10.8. The predicted octanol–water partition coefficient (Wildman–Crippen LogP) is 4.59. The zero-order valence-electron chi connectivity index (χ0n) is 18.2. The molecule has 5 rings (SSSR count). The Bertz CT molecular complexity index is 1410. The zero-order valence-corrected chi connectivity index (χ0v) is 18.2. The summed E-state index contributed by atoms with van der Waals surface area (Å²) in [6.45, 7) is 0.301. The lowest BCUT2D eigenvalue weighted by molar-refractivity contribution is 0.0950. The molecule has 0 aliphatic carbocycles. The van der Waals surface area contributed by atoms with E-state index >= 15 is 0 Å². The third-order valence-corrected chi connectivity index (χ3v) is 5.13.